The zero-order valence-corrected chi connectivity index (χ0v) is 17.1. The second-order valence-electron chi connectivity index (χ2n) is 6.32. The lowest BCUT2D eigenvalue weighted by Crippen LogP contribution is -2.28. The van der Waals surface area contributed by atoms with Crippen LogP contribution >= 0.6 is 11.6 Å². The Morgan fingerprint density at radius 1 is 1.04 bits per heavy atom. The van der Waals surface area contributed by atoms with Crippen LogP contribution in [0.15, 0.2) is 41.3 Å². The van der Waals surface area contributed by atoms with Crippen molar-refractivity contribution in [1.82, 2.24) is 4.90 Å². The average molecular weight is 425 g/mol. The molecule has 1 aliphatic rings. The Labute approximate surface area is 169 Å². The number of hydrogen-bond acceptors (Lipinski definition) is 5. The highest BCUT2D eigenvalue weighted by atomic mass is 35.5. The highest BCUT2D eigenvalue weighted by Gasteiger charge is 2.25. The van der Waals surface area contributed by atoms with Gasteiger partial charge in [-0.25, -0.2) is 8.42 Å². The zero-order valence-electron chi connectivity index (χ0n) is 15.6. The minimum Gasteiger partial charge on any atom is -0.496 e. The van der Waals surface area contributed by atoms with E-state index in [4.69, 9.17) is 21.1 Å². The molecule has 1 saturated heterocycles. The third kappa shape index (κ3) is 4.18. The first kappa shape index (κ1) is 20.3. The first-order chi connectivity index (χ1) is 13.4. The fraction of sp³-hybridized carbons (Fsp3) is 0.316. The predicted octanol–water partition coefficient (Wildman–Crippen LogP) is 3.39. The highest BCUT2D eigenvalue weighted by Crippen LogP contribution is 2.30. The lowest BCUT2D eigenvalue weighted by atomic mass is 10.1. The first-order valence-electron chi connectivity index (χ1n) is 8.69. The normalized spacial score (nSPS) is 14.0. The Hall–Kier alpha value is -2.45. The first-order valence-corrected chi connectivity index (χ1v) is 10.6. The number of nitrogens with zero attached hydrogens (tertiary/aromatic N) is 1. The molecule has 1 fully saturated rings. The van der Waals surface area contributed by atoms with E-state index >= 15 is 0 Å². The summed E-state index contributed by atoms with van der Waals surface area (Å²) >= 11 is 6.06. The van der Waals surface area contributed by atoms with E-state index in [1.165, 1.54) is 38.5 Å². The van der Waals surface area contributed by atoms with Crippen molar-refractivity contribution in [2.45, 2.75) is 17.7 Å². The summed E-state index contributed by atoms with van der Waals surface area (Å²) in [5.74, 6) is 0.537. The number of hydrogen-bond donors (Lipinski definition) is 1. The van der Waals surface area contributed by atoms with Crippen LogP contribution in [-0.2, 0) is 10.0 Å². The summed E-state index contributed by atoms with van der Waals surface area (Å²) in [6.07, 6.45) is 1.87. The molecule has 7 nitrogen and oxygen atoms in total. The molecule has 3 rings (SSSR count). The molecule has 2 aromatic rings. The fourth-order valence-corrected chi connectivity index (χ4v) is 4.39. The summed E-state index contributed by atoms with van der Waals surface area (Å²) in [6, 6.07) is 8.79. The van der Waals surface area contributed by atoms with Gasteiger partial charge in [-0.2, -0.15) is 0 Å². The van der Waals surface area contributed by atoms with E-state index in [1.54, 1.807) is 17.0 Å². The van der Waals surface area contributed by atoms with Gasteiger partial charge in [-0.15, -0.1) is 0 Å². The van der Waals surface area contributed by atoms with Crippen molar-refractivity contribution in [2.24, 2.45) is 0 Å². The highest BCUT2D eigenvalue weighted by molar-refractivity contribution is 7.92. The number of carbonyl (C=O) groups is 1. The topological polar surface area (TPSA) is 84.9 Å². The van der Waals surface area contributed by atoms with Crippen LogP contribution in [0.3, 0.4) is 0 Å². The number of methoxy groups -OCH3 is 2. The van der Waals surface area contributed by atoms with Gasteiger partial charge in [-0.1, -0.05) is 11.6 Å². The Balaban J connectivity index is 1.92. The maximum atomic E-state index is 12.8. The van der Waals surface area contributed by atoms with E-state index in [2.05, 4.69) is 4.72 Å². The quantitative estimate of drug-likeness (QED) is 0.768. The van der Waals surface area contributed by atoms with Gasteiger partial charge >= 0.3 is 0 Å². The van der Waals surface area contributed by atoms with Gasteiger partial charge in [0.05, 0.1) is 35.4 Å². The standard InChI is InChI=1S/C19H21ClN2O5S/c1-26-17-8-6-14(12-15(17)19(23)22-9-3-4-10-22)28(24,25)21-13-5-7-18(27-2)16(20)11-13/h5-8,11-12,21H,3-4,9-10H2,1-2H3. The third-order valence-corrected chi connectivity index (χ3v) is 6.18. The molecule has 0 saturated carbocycles. The van der Waals surface area contributed by atoms with Gasteiger partial charge < -0.3 is 14.4 Å². The molecule has 0 aromatic heterocycles. The van der Waals surface area contributed by atoms with Crippen LogP contribution in [-0.4, -0.2) is 46.5 Å². The predicted molar refractivity (Wildman–Crippen MR) is 107 cm³/mol. The second-order valence-corrected chi connectivity index (χ2v) is 8.41. The van der Waals surface area contributed by atoms with Crippen LogP contribution in [0.25, 0.3) is 0 Å². The van der Waals surface area contributed by atoms with Crippen LogP contribution in [0.5, 0.6) is 11.5 Å². The zero-order chi connectivity index (χ0) is 20.3. The summed E-state index contributed by atoms with van der Waals surface area (Å²) in [6.45, 7) is 1.31. The minimum atomic E-state index is -3.93. The average Bonchev–Trinajstić information content (AvgIpc) is 3.21. The van der Waals surface area contributed by atoms with E-state index in [-0.39, 0.29) is 27.1 Å². The number of ether oxygens (including phenoxy) is 2. The summed E-state index contributed by atoms with van der Waals surface area (Å²) < 4.78 is 38.4. The van der Waals surface area contributed by atoms with E-state index in [0.29, 0.717) is 24.6 Å². The van der Waals surface area contributed by atoms with Crippen LogP contribution in [0, 0.1) is 0 Å². The van der Waals surface area contributed by atoms with Gasteiger partial charge in [0, 0.05) is 13.1 Å². The van der Waals surface area contributed by atoms with Crippen molar-refractivity contribution < 1.29 is 22.7 Å². The Morgan fingerprint density at radius 3 is 2.29 bits per heavy atom. The molecule has 0 radical (unpaired) electrons. The molecule has 1 heterocycles. The number of halogens is 1. The summed E-state index contributed by atoms with van der Waals surface area (Å²) in [7, 11) is -1.01. The number of rotatable bonds is 6. The van der Waals surface area contributed by atoms with Crippen molar-refractivity contribution in [3.8, 4) is 11.5 Å². The van der Waals surface area contributed by atoms with E-state index in [9.17, 15) is 13.2 Å². The second kappa shape index (κ2) is 8.28. The van der Waals surface area contributed by atoms with Gasteiger partial charge in [0.15, 0.2) is 0 Å². The van der Waals surface area contributed by atoms with Crippen LogP contribution < -0.4 is 14.2 Å². The van der Waals surface area contributed by atoms with E-state index in [1.807, 2.05) is 0 Å². The molecule has 0 aliphatic carbocycles. The molecule has 1 aliphatic heterocycles. The lowest BCUT2D eigenvalue weighted by Gasteiger charge is -2.18. The number of likely N-dealkylation sites (tertiary alicyclic amines) is 1. The number of benzene rings is 2. The fourth-order valence-electron chi connectivity index (χ4n) is 3.06. The van der Waals surface area contributed by atoms with Gasteiger partial charge in [-0.05, 0) is 49.2 Å². The molecule has 1 amide bonds. The number of sulfonamides is 1. The Morgan fingerprint density at radius 2 is 1.68 bits per heavy atom. The molecule has 0 unspecified atom stereocenters. The molecular formula is C19H21ClN2O5S. The Kier molecular flexibility index (Phi) is 6.00. The maximum Gasteiger partial charge on any atom is 0.261 e. The molecule has 150 valence electrons. The number of anilines is 1. The SMILES string of the molecule is COc1ccc(NS(=O)(=O)c2ccc(OC)c(C(=O)N3CCCC3)c2)cc1Cl. The molecule has 0 spiro atoms. The van der Waals surface area contributed by atoms with Gasteiger partial charge in [0.25, 0.3) is 15.9 Å². The van der Waals surface area contributed by atoms with Crippen LogP contribution in [0.2, 0.25) is 5.02 Å². The van der Waals surface area contributed by atoms with Crippen molar-refractivity contribution in [1.29, 1.82) is 0 Å². The molecule has 0 bridgehead atoms. The van der Waals surface area contributed by atoms with Gasteiger partial charge in [0.2, 0.25) is 0 Å². The van der Waals surface area contributed by atoms with Crippen LogP contribution in [0.1, 0.15) is 23.2 Å². The van der Waals surface area contributed by atoms with E-state index < -0.39 is 10.0 Å². The van der Waals surface area contributed by atoms with E-state index in [0.717, 1.165) is 12.8 Å². The maximum absolute atomic E-state index is 12.8. The summed E-state index contributed by atoms with van der Waals surface area (Å²) in [5, 5.41) is 0.280. The molecule has 28 heavy (non-hydrogen) atoms. The number of carbonyl (C=O) groups excluding carboxylic acids is 1. The van der Waals surface area contributed by atoms with Crippen LogP contribution in [0.4, 0.5) is 5.69 Å². The third-order valence-electron chi connectivity index (χ3n) is 4.51. The lowest BCUT2D eigenvalue weighted by molar-refractivity contribution is 0.0789. The largest absolute Gasteiger partial charge is 0.496 e. The van der Waals surface area contributed by atoms with Gasteiger partial charge in [0.1, 0.15) is 11.5 Å². The smallest absolute Gasteiger partial charge is 0.261 e. The van der Waals surface area contributed by atoms with Gasteiger partial charge in [-0.3, -0.25) is 9.52 Å². The molecule has 2 aromatic carbocycles. The number of amides is 1. The summed E-state index contributed by atoms with van der Waals surface area (Å²) in [5.41, 5.74) is 0.508. The molecule has 1 N–H and O–H groups in total. The minimum absolute atomic E-state index is 0.0391. The van der Waals surface area contributed by atoms with Crippen molar-refractivity contribution >= 4 is 33.2 Å². The molecule has 0 atom stereocenters. The molecule has 9 heteroatoms. The Bertz CT molecular complexity index is 988. The van der Waals surface area contributed by atoms with Crippen molar-refractivity contribution in [2.75, 3.05) is 32.0 Å². The van der Waals surface area contributed by atoms with Crippen molar-refractivity contribution in [3.63, 3.8) is 0 Å². The van der Waals surface area contributed by atoms with Crippen molar-refractivity contribution in [3.05, 3.63) is 47.0 Å². The molecular weight excluding hydrogens is 404 g/mol. The monoisotopic (exact) mass is 424 g/mol. The summed E-state index contributed by atoms with van der Waals surface area (Å²) in [4.78, 5) is 14.4. The number of nitrogens with one attached hydrogen (secondary N) is 1.